The van der Waals surface area contributed by atoms with Gasteiger partial charge in [-0.25, -0.2) is 0 Å². The summed E-state index contributed by atoms with van der Waals surface area (Å²) < 4.78 is 0. The molecule has 0 fully saturated rings. The lowest BCUT2D eigenvalue weighted by Gasteiger charge is -2.27. The minimum absolute atomic E-state index is 0.000585. The Morgan fingerprint density at radius 2 is 1.81 bits per heavy atom. The second-order valence-electron chi connectivity index (χ2n) is 8.38. The lowest BCUT2D eigenvalue weighted by Crippen LogP contribution is -2.43. The topological polar surface area (TPSA) is 81.1 Å². The summed E-state index contributed by atoms with van der Waals surface area (Å²) in [7, 11) is 1.64. The van der Waals surface area contributed by atoms with E-state index in [-0.39, 0.29) is 12.5 Å². The van der Waals surface area contributed by atoms with Crippen molar-refractivity contribution in [1.82, 2.24) is 0 Å². The Labute approximate surface area is 186 Å². The third-order valence-corrected chi connectivity index (χ3v) is 6.58. The number of carbonyl (C=O) groups is 2. The van der Waals surface area contributed by atoms with Crippen LogP contribution in [-0.4, -0.2) is 35.7 Å². The molecule has 0 spiro atoms. The van der Waals surface area contributed by atoms with Gasteiger partial charge in [-0.1, -0.05) is 43.3 Å². The van der Waals surface area contributed by atoms with Gasteiger partial charge < -0.3 is 15.1 Å². The molecule has 2 aliphatic heterocycles. The molecule has 0 saturated carbocycles. The van der Waals surface area contributed by atoms with E-state index in [0.29, 0.717) is 28.9 Å². The lowest BCUT2D eigenvalue weighted by atomic mass is 9.82. The zero-order valence-electron chi connectivity index (χ0n) is 17.9. The predicted molar refractivity (Wildman–Crippen MR) is 124 cm³/mol. The summed E-state index contributed by atoms with van der Waals surface area (Å²) in [6, 6.07) is 16.8. The molecule has 162 valence electrons. The molecule has 0 aliphatic carbocycles. The molecule has 32 heavy (non-hydrogen) atoms. The van der Waals surface area contributed by atoms with Crippen LogP contribution in [0.3, 0.4) is 0 Å². The van der Waals surface area contributed by atoms with Crippen LogP contribution >= 0.6 is 0 Å². The van der Waals surface area contributed by atoms with Crippen LogP contribution in [-0.2, 0) is 10.4 Å². The Hall–Kier alpha value is -3.48. The second-order valence-corrected chi connectivity index (χ2v) is 8.38. The monoisotopic (exact) mass is 428 g/mol. The van der Waals surface area contributed by atoms with Crippen LogP contribution in [0.5, 0.6) is 0 Å². The number of likely N-dealkylation sites (N-methyl/N-ethyl adjacent to an activating group) is 1. The highest BCUT2D eigenvalue weighted by Gasteiger charge is 2.51. The first-order valence-electron chi connectivity index (χ1n) is 10.7. The number of nitrogens with zero attached hydrogens (tertiary/aromatic N) is 2. The predicted octanol–water partition coefficient (Wildman–Crippen LogP) is 3.87. The fraction of sp³-hybridized carbons (Fsp3) is 0.231. The largest absolute Gasteiger partial charge is 0.396 e. The van der Waals surface area contributed by atoms with E-state index in [4.69, 9.17) is 5.11 Å². The van der Waals surface area contributed by atoms with Gasteiger partial charge in [0.25, 0.3) is 11.8 Å². The van der Waals surface area contributed by atoms with E-state index in [0.717, 1.165) is 16.5 Å². The van der Waals surface area contributed by atoms with Crippen molar-refractivity contribution in [3.05, 3.63) is 77.9 Å². The Morgan fingerprint density at radius 1 is 1.06 bits per heavy atom. The van der Waals surface area contributed by atoms with E-state index >= 15 is 0 Å². The first-order chi connectivity index (χ1) is 15.4. The average molecular weight is 428 g/mol. The summed E-state index contributed by atoms with van der Waals surface area (Å²) in [6.45, 7) is 1.78. The Kier molecular flexibility index (Phi) is 4.65. The van der Waals surface area contributed by atoms with Crippen LogP contribution in [0.15, 0.2) is 66.7 Å². The second kappa shape index (κ2) is 7.29. The maximum atomic E-state index is 13.3. The molecule has 6 nitrogen and oxygen atoms in total. The van der Waals surface area contributed by atoms with Crippen LogP contribution in [0.1, 0.15) is 29.3 Å². The summed E-state index contributed by atoms with van der Waals surface area (Å²) >= 11 is 0. The van der Waals surface area contributed by atoms with E-state index in [1.807, 2.05) is 42.5 Å². The molecule has 5 rings (SSSR count). The van der Waals surface area contributed by atoms with E-state index < -0.39 is 17.4 Å². The third-order valence-electron chi connectivity index (χ3n) is 6.58. The molecule has 2 N–H and O–H groups in total. The van der Waals surface area contributed by atoms with Gasteiger partial charge in [0.1, 0.15) is 0 Å². The number of aliphatic hydroxyl groups excluding tert-OH is 1. The first-order valence-corrected chi connectivity index (χ1v) is 10.7. The first kappa shape index (κ1) is 20.4. The highest BCUT2D eigenvalue weighted by Crippen LogP contribution is 2.48. The van der Waals surface area contributed by atoms with E-state index in [9.17, 15) is 14.7 Å². The SMILES string of the molecule is C[C@@H](/C=C/CCO)[C@]1(O)C(=O)N(C)c2ccc(N3C(=O)c4cccc5cccc3c45)cc21. The van der Waals surface area contributed by atoms with Gasteiger partial charge in [-0.05, 0) is 42.1 Å². The van der Waals surface area contributed by atoms with E-state index in [1.165, 1.54) is 4.90 Å². The molecular formula is C26H24N2O4. The van der Waals surface area contributed by atoms with Crippen LogP contribution in [0.4, 0.5) is 17.1 Å². The fourth-order valence-corrected chi connectivity index (χ4v) is 4.87. The smallest absolute Gasteiger partial charge is 0.264 e. The highest BCUT2D eigenvalue weighted by atomic mass is 16.3. The normalized spacial score (nSPS) is 20.6. The Bertz CT molecular complexity index is 1290. The number of hydrogen-bond donors (Lipinski definition) is 2. The third kappa shape index (κ3) is 2.66. The van der Waals surface area contributed by atoms with Crippen molar-refractivity contribution in [1.29, 1.82) is 0 Å². The van der Waals surface area contributed by atoms with Crippen LogP contribution in [0.2, 0.25) is 0 Å². The number of carbonyl (C=O) groups excluding carboxylic acids is 2. The van der Waals surface area contributed by atoms with Gasteiger partial charge in [0, 0.05) is 36.2 Å². The van der Waals surface area contributed by atoms with Crippen molar-refractivity contribution in [3.63, 3.8) is 0 Å². The molecule has 2 heterocycles. The van der Waals surface area contributed by atoms with Gasteiger partial charge >= 0.3 is 0 Å². The van der Waals surface area contributed by atoms with Crippen molar-refractivity contribution in [2.75, 3.05) is 23.5 Å². The molecule has 2 atom stereocenters. The van der Waals surface area contributed by atoms with Crippen molar-refractivity contribution >= 4 is 39.6 Å². The summed E-state index contributed by atoms with van der Waals surface area (Å²) in [6.07, 6.45) is 3.96. The van der Waals surface area contributed by atoms with Gasteiger partial charge in [0.2, 0.25) is 0 Å². The fourth-order valence-electron chi connectivity index (χ4n) is 4.87. The van der Waals surface area contributed by atoms with Crippen LogP contribution in [0.25, 0.3) is 10.8 Å². The average Bonchev–Trinajstić information content (AvgIpc) is 3.20. The van der Waals surface area contributed by atoms with Crippen molar-refractivity contribution in [3.8, 4) is 0 Å². The molecular weight excluding hydrogens is 404 g/mol. The molecule has 0 bridgehead atoms. The van der Waals surface area contributed by atoms with Crippen molar-refractivity contribution in [2.45, 2.75) is 18.9 Å². The highest BCUT2D eigenvalue weighted by molar-refractivity contribution is 6.28. The molecule has 2 aliphatic rings. The summed E-state index contributed by atoms with van der Waals surface area (Å²) in [4.78, 5) is 29.5. The van der Waals surface area contributed by atoms with Crippen LogP contribution in [0, 0.1) is 5.92 Å². The number of hydrogen-bond acceptors (Lipinski definition) is 4. The molecule has 6 heteroatoms. The maximum absolute atomic E-state index is 13.3. The Balaban J connectivity index is 1.64. The molecule has 0 radical (unpaired) electrons. The maximum Gasteiger partial charge on any atom is 0.264 e. The lowest BCUT2D eigenvalue weighted by molar-refractivity contribution is -0.139. The van der Waals surface area contributed by atoms with E-state index in [2.05, 4.69) is 0 Å². The molecule has 0 saturated heterocycles. The quantitative estimate of drug-likeness (QED) is 0.605. The zero-order chi connectivity index (χ0) is 22.6. The van der Waals surface area contributed by atoms with Gasteiger partial charge in [-0.2, -0.15) is 0 Å². The number of aliphatic hydroxyl groups is 2. The molecule has 2 amide bonds. The summed E-state index contributed by atoms with van der Waals surface area (Å²) in [5, 5.41) is 22.6. The Morgan fingerprint density at radius 3 is 2.56 bits per heavy atom. The van der Waals surface area contributed by atoms with Crippen molar-refractivity contribution in [2.24, 2.45) is 5.92 Å². The molecule has 3 aromatic rings. The van der Waals surface area contributed by atoms with Gasteiger partial charge in [0.05, 0.1) is 16.9 Å². The zero-order valence-corrected chi connectivity index (χ0v) is 17.9. The standard InChI is InChI=1S/C26H24N2O4/c1-16(7-3-4-14-29)26(32)20-15-18(12-13-21(20)27(2)25(26)31)28-22-11-6-9-17-8-5-10-19(23(17)22)24(28)30/h3,5-13,15-16,29,32H,4,14H2,1-2H3/b7-3+/t16-,26+/m0/s1. The number of anilines is 3. The van der Waals surface area contributed by atoms with Crippen LogP contribution < -0.4 is 9.80 Å². The van der Waals surface area contributed by atoms with Gasteiger partial charge in [-0.3, -0.25) is 14.5 Å². The number of rotatable bonds is 5. The molecule has 0 aromatic heterocycles. The van der Waals surface area contributed by atoms with E-state index in [1.54, 1.807) is 43.2 Å². The number of benzene rings is 3. The molecule has 0 unspecified atom stereocenters. The summed E-state index contributed by atoms with van der Waals surface area (Å²) in [5.74, 6) is -1.06. The van der Waals surface area contributed by atoms with Gasteiger partial charge in [-0.15, -0.1) is 0 Å². The molecule has 3 aromatic carbocycles. The minimum Gasteiger partial charge on any atom is -0.396 e. The summed E-state index contributed by atoms with van der Waals surface area (Å²) in [5.41, 5.74) is 1.37. The number of amides is 2. The minimum atomic E-state index is -1.76. The van der Waals surface area contributed by atoms with Gasteiger partial charge in [0.15, 0.2) is 5.60 Å². The van der Waals surface area contributed by atoms with Crippen molar-refractivity contribution < 1.29 is 19.8 Å². The number of fused-ring (bicyclic) bond motifs is 1.